The van der Waals surface area contributed by atoms with Crippen molar-refractivity contribution in [2.75, 3.05) is 13.7 Å². The topological polar surface area (TPSA) is 65.1 Å². The largest absolute Gasteiger partial charge is 0.479 e. The first kappa shape index (κ1) is 23.3. The van der Waals surface area contributed by atoms with Crippen LogP contribution in [0.25, 0.3) is 0 Å². The molecule has 3 aromatic rings. The molecule has 1 aliphatic heterocycles. The lowest BCUT2D eigenvalue weighted by atomic mass is 9.88. The molecule has 0 bridgehead atoms. The number of carbonyl (C=O) groups is 2. The number of nitrogens with zero attached hydrogens (tertiary/aromatic N) is 1. The maximum atomic E-state index is 14.5. The van der Waals surface area contributed by atoms with Gasteiger partial charge in [0.25, 0.3) is 0 Å². The zero-order valence-corrected chi connectivity index (χ0v) is 19.1. The molecule has 34 heavy (non-hydrogen) atoms. The highest BCUT2D eigenvalue weighted by Crippen LogP contribution is 2.40. The van der Waals surface area contributed by atoms with Gasteiger partial charge in [0.2, 0.25) is 0 Å². The average molecular weight is 464 g/mol. The van der Waals surface area contributed by atoms with Crippen LogP contribution in [0.4, 0.5) is 9.18 Å². The van der Waals surface area contributed by atoms with E-state index in [0.717, 1.165) is 16.7 Å². The fraction of sp³-hybridized carbons (Fsp3) is 0.259. The number of hydrogen-bond acceptors (Lipinski definition) is 5. The standard InChI is InChI=1S/C27H26FNO5/c1-18(26(30)32-2)34-24-13-12-21(28)16-23(24)25-22-11-7-6-10-20(22)14-15-29(25)27(31)33-17-19-8-4-3-5-9-19/h3-13,16,18,25H,14-15,17H2,1-2H3/t18-,25+/m1/s1. The Kier molecular flexibility index (Phi) is 7.11. The summed E-state index contributed by atoms with van der Waals surface area (Å²) in [5, 5.41) is 0. The molecule has 0 N–H and O–H groups in total. The van der Waals surface area contributed by atoms with E-state index < -0.39 is 30.0 Å². The summed E-state index contributed by atoms with van der Waals surface area (Å²) in [6, 6.07) is 20.5. The van der Waals surface area contributed by atoms with E-state index in [2.05, 4.69) is 0 Å². The summed E-state index contributed by atoms with van der Waals surface area (Å²) in [5.74, 6) is -0.742. The second kappa shape index (κ2) is 10.4. The number of esters is 1. The summed E-state index contributed by atoms with van der Waals surface area (Å²) >= 11 is 0. The Morgan fingerprint density at radius 3 is 2.53 bits per heavy atom. The molecule has 7 heteroatoms. The molecule has 6 nitrogen and oxygen atoms in total. The van der Waals surface area contributed by atoms with Gasteiger partial charge in [0, 0.05) is 12.1 Å². The molecule has 0 spiro atoms. The van der Waals surface area contributed by atoms with Gasteiger partial charge in [0.05, 0.1) is 13.2 Å². The van der Waals surface area contributed by atoms with Gasteiger partial charge in [0.15, 0.2) is 6.10 Å². The molecular weight excluding hydrogens is 437 g/mol. The fourth-order valence-corrected chi connectivity index (χ4v) is 4.15. The van der Waals surface area contributed by atoms with Crippen molar-refractivity contribution in [3.8, 4) is 5.75 Å². The highest BCUT2D eigenvalue weighted by atomic mass is 19.1. The highest BCUT2D eigenvalue weighted by Gasteiger charge is 2.35. The molecule has 0 saturated heterocycles. The van der Waals surface area contributed by atoms with Crippen LogP contribution in [0.15, 0.2) is 72.8 Å². The van der Waals surface area contributed by atoms with Crippen molar-refractivity contribution in [3.63, 3.8) is 0 Å². The average Bonchev–Trinajstić information content (AvgIpc) is 2.87. The van der Waals surface area contributed by atoms with E-state index in [1.54, 1.807) is 11.8 Å². The van der Waals surface area contributed by atoms with Crippen molar-refractivity contribution in [2.45, 2.75) is 32.1 Å². The Bertz CT molecular complexity index is 1170. The van der Waals surface area contributed by atoms with E-state index in [1.807, 2.05) is 54.6 Å². The Hall–Kier alpha value is -3.87. The number of halogens is 1. The lowest BCUT2D eigenvalue weighted by Gasteiger charge is -2.37. The molecule has 0 radical (unpaired) electrons. The molecule has 176 valence electrons. The van der Waals surface area contributed by atoms with Crippen LogP contribution < -0.4 is 4.74 Å². The number of carbonyl (C=O) groups excluding carboxylic acids is 2. The fourth-order valence-electron chi connectivity index (χ4n) is 4.15. The van der Waals surface area contributed by atoms with Crippen LogP contribution >= 0.6 is 0 Å². The summed E-state index contributed by atoms with van der Waals surface area (Å²) in [7, 11) is 1.27. The van der Waals surface area contributed by atoms with Crippen LogP contribution in [0.2, 0.25) is 0 Å². The Morgan fingerprint density at radius 1 is 1.03 bits per heavy atom. The van der Waals surface area contributed by atoms with Crippen molar-refractivity contribution in [2.24, 2.45) is 0 Å². The molecule has 1 amide bonds. The van der Waals surface area contributed by atoms with Gasteiger partial charge < -0.3 is 14.2 Å². The molecule has 0 aromatic heterocycles. The van der Waals surface area contributed by atoms with Crippen molar-refractivity contribution in [3.05, 3.63) is 101 Å². The smallest absolute Gasteiger partial charge is 0.410 e. The van der Waals surface area contributed by atoms with Gasteiger partial charge in [-0.1, -0.05) is 54.6 Å². The van der Waals surface area contributed by atoms with Gasteiger partial charge in [0.1, 0.15) is 18.2 Å². The number of fused-ring (bicyclic) bond motifs is 1. The van der Waals surface area contributed by atoms with Crippen LogP contribution in [-0.4, -0.2) is 36.7 Å². The minimum absolute atomic E-state index is 0.121. The quantitative estimate of drug-likeness (QED) is 0.479. The van der Waals surface area contributed by atoms with Crippen LogP contribution in [-0.2, 0) is 27.3 Å². The number of ether oxygens (including phenoxy) is 3. The van der Waals surface area contributed by atoms with Gasteiger partial charge >= 0.3 is 12.1 Å². The third kappa shape index (κ3) is 5.03. The van der Waals surface area contributed by atoms with Gasteiger partial charge in [-0.2, -0.15) is 0 Å². The molecule has 0 saturated carbocycles. The first-order chi connectivity index (χ1) is 16.5. The lowest BCUT2D eigenvalue weighted by molar-refractivity contribution is -0.147. The zero-order valence-electron chi connectivity index (χ0n) is 19.1. The maximum absolute atomic E-state index is 14.5. The predicted molar refractivity (Wildman–Crippen MR) is 124 cm³/mol. The molecular formula is C27H26FNO5. The van der Waals surface area contributed by atoms with Crippen molar-refractivity contribution >= 4 is 12.1 Å². The van der Waals surface area contributed by atoms with Gasteiger partial charge in [-0.25, -0.2) is 14.0 Å². The first-order valence-corrected chi connectivity index (χ1v) is 11.1. The lowest BCUT2D eigenvalue weighted by Crippen LogP contribution is -2.41. The summed E-state index contributed by atoms with van der Waals surface area (Å²) in [6.07, 6.45) is -0.789. The van der Waals surface area contributed by atoms with Crippen molar-refractivity contribution in [1.82, 2.24) is 4.90 Å². The monoisotopic (exact) mass is 463 g/mol. The zero-order chi connectivity index (χ0) is 24.1. The molecule has 0 aliphatic carbocycles. The number of methoxy groups -OCH3 is 1. The molecule has 1 heterocycles. The van der Waals surface area contributed by atoms with E-state index in [9.17, 15) is 14.0 Å². The van der Waals surface area contributed by atoms with E-state index >= 15 is 0 Å². The molecule has 0 unspecified atom stereocenters. The van der Waals surface area contributed by atoms with Crippen LogP contribution in [0.1, 0.15) is 35.2 Å². The normalized spacial score (nSPS) is 15.7. The third-order valence-corrected chi connectivity index (χ3v) is 5.83. The molecule has 1 aliphatic rings. The summed E-state index contributed by atoms with van der Waals surface area (Å²) in [4.78, 5) is 26.8. The molecule has 2 atom stereocenters. The SMILES string of the molecule is COC(=O)[C@@H](C)Oc1ccc(F)cc1[C@@H]1c2ccccc2CCN1C(=O)OCc1ccccc1. The number of hydrogen-bond donors (Lipinski definition) is 0. The van der Waals surface area contributed by atoms with Gasteiger partial charge in [-0.05, 0) is 48.2 Å². The van der Waals surface area contributed by atoms with Crippen LogP contribution in [0.5, 0.6) is 5.75 Å². The van der Waals surface area contributed by atoms with Crippen molar-refractivity contribution < 1.29 is 28.2 Å². The number of amides is 1. The second-order valence-corrected chi connectivity index (χ2v) is 8.05. The van der Waals surface area contributed by atoms with Gasteiger partial charge in [-0.15, -0.1) is 0 Å². The minimum Gasteiger partial charge on any atom is -0.479 e. The molecule has 3 aromatic carbocycles. The summed E-state index contributed by atoms with van der Waals surface area (Å²) in [5.41, 5.74) is 3.20. The minimum atomic E-state index is -0.911. The highest BCUT2D eigenvalue weighted by molar-refractivity contribution is 5.74. The van der Waals surface area contributed by atoms with Gasteiger partial charge in [-0.3, -0.25) is 4.90 Å². The third-order valence-electron chi connectivity index (χ3n) is 5.83. The van der Waals surface area contributed by atoms with Crippen LogP contribution in [0.3, 0.4) is 0 Å². The second-order valence-electron chi connectivity index (χ2n) is 8.05. The number of benzene rings is 3. The van der Waals surface area contributed by atoms with Crippen LogP contribution in [0, 0.1) is 5.82 Å². The molecule has 0 fully saturated rings. The Balaban J connectivity index is 1.70. The van der Waals surface area contributed by atoms with E-state index in [4.69, 9.17) is 14.2 Å². The Labute approximate surface area is 197 Å². The Morgan fingerprint density at radius 2 is 1.76 bits per heavy atom. The maximum Gasteiger partial charge on any atom is 0.410 e. The molecule has 4 rings (SSSR count). The summed E-state index contributed by atoms with van der Waals surface area (Å²) in [6.45, 7) is 2.06. The first-order valence-electron chi connectivity index (χ1n) is 11.1. The predicted octanol–water partition coefficient (Wildman–Crippen LogP) is 5.05. The van der Waals surface area contributed by atoms with E-state index in [-0.39, 0.29) is 6.61 Å². The summed E-state index contributed by atoms with van der Waals surface area (Å²) < 4.78 is 30.7. The number of rotatable bonds is 6. The van der Waals surface area contributed by atoms with Crippen molar-refractivity contribution in [1.29, 1.82) is 0 Å². The van der Waals surface area contributed by atoms with E-state index in [0.29, 0.717) is 24.3 Å². The van der Waals surface area contributed by atoms with E-state index in [1.165, 1.54) is 25.3 Å².